The number of nitrogens with one attached hydrogen (secondary N) is 2. The van der Waals surface area contributed by atoms with Crippen LogP contribution < -0.4 is 15.4 Å². The summed E-state index contributed by atoms with van der Waals surface area (Å²) in [6.07, 6.45) is 1.23. The van der Waals surface area contributed by atoms with Crippen molar-refractivity contribution in [2.75, 3.05) is 33.3 Å². The quantitative estimate of drug-likeness (QED) is 0.621. The van der Waals surface area contributed by atoms with Gasteiger partial charge in [-0.1, -0.05) is 31.5 Å². The first-order chi connectivity index (χ1) is 16.4. The standard InChI is InChI=1S/C25H31FN4O4/c1-3-5-22(28-25(33)27-17-18-8-10-20(26)11-9-18)24(32)30-14-12-29(13-15-30)23(31)19-6-4-7-21(16-19)34-2/h4,6-11,16,22H,3,5,12-15,17H2,1-2H3,(H2,27,28,33). The van der Waals surface area contributed by atoms with Gasteiger partial charge < -0.3 is 25.2 Å². The molecule has 1 saturated heterocycles. The molecule has 1 heterocycles. The number of urea groups is 1. The molecule has 0 bridgehead atoms. The molecule has 0 aliphatic carbocycles. The van der Waals surface area contributed by atoms with E-state index in [0.717, 1.165) is 12.0 Å². The Balaban J connectivity index is 1.51. The summed E-state index contributed by atoms with van der Waals surface area (Å²) < 4.78 is 18.2. The van der Waals surface area contributed by atoms with E-state index in [9.17, 15) is 18.8 Å². The van der Waals surface area contributed by atoms with Crippen LogP contribution in [0.25, 0.3) is 0 Å². The predicted molar refractivity (Wildman–Crippen MR) is 126 cm³/mol. The minimum atomic E-state index is -0.654. The average Bonchev–Trinajstić information content (AvgIpc) is 2.87. The van der Waals surface area contributed by atoms with Crippen molar-refractivity contribution >= 4 is 17.8 Å². The number of piperazine rings is 1. The zero-order chi connectivity index (χ0) is 24.5. The fourth-order valence-corrected chi connectivity index (χ4v) is 3.83. The number of rotatable bonds is 8. The highest BCUT2D eigenvalue weighted by atomic mass is 19.1. The summed E-state index contributed by atoms with van der Waals surface area (Å²) in [4.78, 5) is 41.7. The van der Waals surface area contributed by atoms with Crippen molar-refractivity contribution in [1.29, 1.82) is 0 Å². The molecule has 0 radical (unpaired) electrons. The van der Waals surface area contributed by atoms with Crippen molar-refractivity contribution in [2.24, 2.45) is 0 Å². The molecular weight excluding hydrogens is 439 g/mol. The van der Waals surface area contributed by atoms with Crippen LogP contribution in [0.3, 0.4) is 0 Å². The zero-order valence-corrected chi connectivity index (χ0v) is 19.6. The van der Waals surface area contributed by atoms with Gasteiger partial charge in [-0.05, 0) is 42.3 Å². The lowest BCUT2D eigenvalue weighted by Gasteiger charge is -2.36. The smallest absolute Gasteiger partial charge is 0.315 e. The molecule has 1 aliphatic heterocycles. The Labute approximate surface area is 199 Å². The summed E-state index contributed by atoms with van der Waals surface area (Å²) in [5.74, 6) is 0.0135. The van der Waals surface area contributed by atoms with Crippen molar-refractivity contribution in [3.63, 3.8) is 0 Å². The third-order valence-electron chi connectivity index (χ3n) is 5.74. The number of benzene rings is 2. The van der Waals surface area contributed by atoms with E-state index in [1.54, 1.807) is 53.3 Å². The fourth-order valence-electron chi connectivity index (χ4n) is 3.83. The predicted octanol–water partition coefficient (Wildman–Crippen LogP) is 2.79. The van der Waals surface area contributed by atoms with Gasteiger partial charge in [0.15, 0.2) is 0 Å². The largest absolute Gasteiger partial charge is 0.497 e. The number of carbonyl (C=O) groups excluding carboxylic acids is 3. The Morgan fingerprint density at radius 3 is 2.35 bits per heavy atom. The molecular formula is C25H31FN4O4. The molecule has 1 unspecified atom stereocenters. The van der Waals surface area contributed by atoms with Gasteiger partial charge in [-0.15, -0.1) is 0 Å². The maximum absolute atomic E-state index is 13.1. The van der Waals surface area contributed by atoms with E-state index in [1.807, 2.05) is 6.92 Å². The van der Waals surface area contributed by atoms with E-state index in [-0.39, 0.29) is 24.2 Å². The first-order valence-corrected chi connectivity index (χ1v) is 11.4. The molecule has 0 spiro atoms. The van der Waals surface area contributed by atoms with Crippen molar-refractivity contribution in [2.45, 2.75) is 32.4 Å². The van der Waals surface area contributed by atoms with E-state index in [2.05, 4.69) is 10.6 Å². The minimum absolute atomic E-state index is 0.102. The topological polar surface area (TPSA) is 91.0 Å². The van der Waals surface area contributed by atoms with Crippen molar-refractivity contribution in [1.82, 2.24) is 20.4 Å². The van der Waals surface area contributed by atoms with Crippen LogP contribution >= 0.6 is 0 Å². The van der Waals surface area contributed by atoms with Crippen LogP contribution in [0.15, 0.2) is 48.5 Å². The van der Waals surface area contributed by atoms with Crippen LogP contribution in [0, 0.1) is 5.82 Å². The summed E-state index contributed by atoms with van der Waals surface area (Å²) in [6, 6.07) is 11.7. The van der Waals surface area contributed by atoms with Crippen molar-refractivity contribution in [3.05, 3.63) is 65.5 Å². The maximum Gasteiger partial charge on any atom is 0.315 e. The van der Waals surface area contributed by atoms with Crippen LogP contribution in [-0.2, 0) is 11.3 Å². The van der Waals surface area contributed by atoms with Crippen molar-refractivity contribution in [3.8, 4) is 5.75 Å². The number of methoxy groups -OCH3 is 1. The molecule has 0 aromatic heterocycles. The maximum atomic E-state index is 13.1. The molecule has 0 saturated carbocycles. The van der Waals surface area contributed by atoms with Gasteiger partial charge >= 0.3 is 6.03 Å². The van der Waals surface area contributed by atoms with Gasteiger partial charge in [-0.25, -0.2) is 9.18 Å². The number of amides is 4. The van der Waals surface area contributed by atoms with Gasteiger partial charge in [-0.2, -0.15) is 0 Å². The molecule has 3 rings (SSSR count). The molecule has 34 heavy (non-hydrogen) atoms. The SMILES string of the molecule is CCCC(NC(=O)NCc1ccc(F)cc1)C(=O)N1CCN(C(=O)c2cccc(OC)c2)CC1. The molecule has 2 N–H and O–H groups in total. The number of nitrogens with zero attached hydrogens (tertiary/aromatic N) is 2. The van der Waals surface area contributed by atoms with Gasteiger partial charge in [-0.3, -0.25) is 9.59 Å². The summed E-state index contributed by atoms with van der Waals surface area (Å²) in [6.45, 7) is 3.80. The second kappa shape index (κ2) is 12.0. The summed E-state index contributed by atoms with van der Waals surface area (Å²) in [7, 11) is 1.55. The Morgan fingerprint density at radius 1 is 1.03 bits per heavy atom. The van der Waals surface area contributed by atoms with Gasteiger partial charge in [0.25, 0.3) is 5.91 Å². The van der Waals surface area contributed by atoms with Crippen LogP contribution in [0.5, 0.6) is 5.75 Å². The Morgan fingerprint density at radius 2 is 1.71 bits per heavy atom. The number of halogens is 1. The van der Waals surface area contributed by atoms with Crippen LogP contribution in [0.2, 0.25) is 0 Å². The minimum Gasteiger partial charge on any atom is -0.497 e. The first kappa shape index (κ1) is 25.0. The summed E-state index contributed by atoms with van der Waals surface area (Å²) in [5.41, 5.74) is 1.30. The lowest BCUT2D eigenvalue weighted by Crippen LogP contribution is -2.56. The molecule has 182 valence electrons. The van der Waals surface area contributed by atoms with E-state index in [4.69, 9.17) is 4.74 Å². The number of hydrogen-bond acceptors (Lipinski definition) is 4. The molecule has 9 heteroatoms. The monoisotopic (exact) mass is 470 g/mol. The normalized spacial score (nSPS) is 14.3. The van der Waals surface area contributed by atoms with Gasteiger partial charge in [0, 0.05) is 38.3 Å². The zero-order valence-electron chi connectivity index (χ0n) is 19.6. The number of carbonyl (C=O) groups is 3. The average molecular weight is 471 g/mol. The summed E-state index contributed by atoms with van der Waals surface area (Å²) >= 11 is 0. The molecule has 1 atom stereocenters. The first-order valence-electron chi connectivity index (χ1n) is 11.4. The molecule has 4 amide bonds. The molecule has 1 aliphatic rings. The molecule has 2 aromatic rings. The Hall–Kier alpha value is -3.62. The van der Waals surface area contributed by atoms with Gasteiger partial charge in [0.1, 0.15) is 17.6 Å². The lowest BCUT2D eigenvalue weighted by atomic mass is 10.1. The fraction of sp³-hybridized carbons (Fsp3) is 0.400. The second-order valence-electron chi connectivity index (χ2n) is 8.14. The van der Waals surface area contributed by atoms with Gasteiger partial charge in [0.2, 0.25) is 5.91 Å². The van der Waals surface area contributed by atoms with Crippen molar-refractivity contribution < 1.29 is 23.5 Å². The third-order valence-corrected chi connectivity index (χ3v) is 5.74. The van der Waals surface area contributed by atoms with E-state index in [0.29, 0.717) is 43.9 Å². The lowest BCUT2D eigenvalue weighted by molar-refractivity contribution is -0.134. The number of hydrogen-bond donors (Lipinski definition) is 2. The van der Waals surface area contributed by atoms with Crippen LogP contribution in [0.4, 0.5) is 9.18 Å². The van der Waals surface area contributed by atoms with Crippen LogP contribution in [0.1, 0.15) is 35.7 Å². The third kappa shape index (κ3) is 6.69. The summed E-state index contributed by atoms with van der Waals surface area (Å²) in [5, 5.41) is 5.47. The second-order valence-corrected chi connectivity index (χ2v) is 8.14. The highest BCUT2D eigenvalue weighted by molar-refractivity contribution is 5.95. The highest BCUT2D eigenvalue weighted by Gasteiger charge is 2.30. The van der Waals surface area contributed by atoms with Crippen LogP contribution in [-0.4, -0.2) is 67.0 Å². The molecule has 1 fully saturated rings. The van der Waals surface area contributed by atoms with E-state index >= 15 is 0 Å². The Kier molecular flexibility index (Phi) is 8.84. The van der Waals surface area contributed by atoms with Gasteiger partial charge in [0.05, 0.1) is 7.11 Å². The molecule has 2 aromatic carbocycles. The number of ether oxygens (including phenoxy) is 1. The molecule has 8 nitrogen and oxygen atoms in total. The van der Waals surface area contributed by atoms with E-state index in [1.165, 1.54) is 12.1 Å². The Bertz CT molecular complexity index is 991. The van der Waals surface area contributed by atoms with E-state index < -0.39 is 12.1 Å². The highest BCUT2D eigenvalue weighted by Crippen LogP contribution is 2.16.